The van der Waals surface area contributed by atoms with E-state index in [2.05, 4.69) is 83.0 Å². The topological polar surface area (TPSA) is 41.3 Å². The lowest BCUT2D eigenvalue weighted by molar-refractivity contribution is 1.28. The van der Waals surface area contributed by atoms with E-state index in [0.29, 0.717) is 0 Å². The molecular formula is C30H27N3. The van der Waals surface area contributed by atoms with Crippen LogP contribution in [0.15, 0.2) is 146 Å². The van der Waals surface area contributed by atoms with Crippen LogP contribution in [0, 0.1) is 0 Å². The van der Waals surface area contributed by atoms with Crippen LogP contribution >= 0.6 is 0 Å². The summed E-state index contributed by atoms with van der Waals surface area (Å²) in [6.07, 6.45) is 0. The fourth-order valence-electron chi connectivity index (χ4n) is 3.47. The predicted molar refractivity (Wildman–Crippen MR) is 142 cm³/mol. The molecule has 0 bridgehead atoms. The second kappa shape index (κ2) is 11.2. The molecule has 0 heterocycles. The van der Waals surface area contributed by atoms with Crippen molar-refractivity contribution in [3.8, 4) is 0 Å². The van der Waals surface area contributed by atoms with Crippen LogP contribution in [0.25, 0.3) is 0 Å². The number of nitrogens with two attached hydrogens (primary N) is 1. The van der Waals surface area contributed by atoms with Gasteiger partial charge in [-0.3, -0.25) is 0 Å². The Balaban J connectivity index is 0.000000165. The van der Waals surface area contributed by atoms with Crippen molar-refractivity contribution in [3.05, 3.63) is 146 Å². The van der Waals surface area contributed by atoms with E-state index in [1.807, 2.05) is 72.8 Å². The summed E-state index contributed by atoms with van der Waals surface area (Å²) in [4.78, 5) is 2.25. The van der Waals surface area contributed by atoms with Crippen molar-refractivity contribution in [2.45, 2.75) is 0 Å². The third-order valence-electron chi connectivity index (χ3n) is 5.06. The lowest BCUT2D eigenvalue weighted by Gasteiger charge is -2.25. The molecule has 0 unspecified atom stereocenters. The van der Waals surface area contributed by atoms with Gasteiger partial charge in [-0.25, -0.2) is 0 Å². The quantitative estimate of drug-likeness (QED) is 0.277. The van der Waals surface area contributed by atoms with E-state index < -0.39 is 0 Å². The highest BCUT2D eigenvalue weighted by Crippen LogP contribution is 2.33. The van der Waals surface area contributed by atoms with E-state index in [0.717, 1.165) is 17.1 Å². The Labute approximate surface area is 195 Å². The zero-order valence-corrected chi connectivity index (χ0v) is 18.4. The Kier molecular flexibility index (Phi) is 7.38. The molecule has 33 heavy (non-hydrogen) atoms. The first-order valence-electron chi connectivity index (χ1n) is 10.9. The molecule has 0 fully saturated rings. The van der Waals surface area contributed by atoms with Gasteiger partial charge in [0.15, 0.2) is 0 Å². The molecule has 0 aliphatic heterocycles. The number of nitrogens with one attached hydrogen (secondary N) is 1. The van der Waals surface area contributed by atoms with E-state index in [1.165, 1.54) is 17.1 Å². The maximum atomic E-state index is 5.81. The van der Waals surface area contributed by atoms with Crippen LogP contribution < -0.4 is 16.0 Å². The highest BCUT2D eigenvalue weighted by atomic mass is 15.1. The van der Waals surface area contributed by atoms with E-state index in [-0.39, 0.29) is 0 Å². The Morgan fingerprint density at radius 1 is 0.424 bits per heavy atom. The molecule has 3 N–H and O–H groups in total. The summed E-state index contributed by atoms with van der Waals surface area (Å²) < 4.78 is 0. The van der Waals surface area contributed by atoms with Gasteiger partial charge in [0, 0.05) is 22.7 Å². The van der Waals surface area contributed by atoms with Gasteiger partial charge in [0.1, 0.15) is 0 Å². The lowest BCUT2D eigenvalue weighted by atomic mass is 10.2. The molecule has 5 rings (SSSR count). The first kappa shape index (κ1) is 21.7. The summed E-state index contributed by atoms with van der Waals surface area (Å²) in [6.45, 7) is 0. The molecule has 0 atom stereocenters. The van der Waals surface area contributed by atoms with Crippen molar-refractivity contribution in [1.29, 1.82) is 0 Å². The maximum Gasteiger partial charge on any atom is 0.0617 e. The first-order chi connectivity index (χ1) is 16.3. The number of nitrogen functional groups attached to an aromatic ring is 1. The molecule has 5 aromatic carbocycles. The van der Waals surface area contributed by atoms with Crippen LogP contribution in [0.2, 0.25) is 0 Å². The predicted octanol–water partition coefficient (Wildman–Crippen LogP) is 8.17. The highest BCUT2D eigenvalue weighted by molar-refractivity contribution is 5.76. The molecule has 162 valence electrons. The number of hydrogen-bond acceptors (Lipinski definition) is 3. The molecule has 3 heteroatoms. The van der Waals surface area contributed by atoms with E-state index >= 15 is 0 Å². The smallest absolute Gasteiger partial charge is 0.0617 e. The number of benzene rings is 5. The normalized spacial score (nSPS) is 9.94. The summed E-state index contributed by atoms with van der Waals surface area (Å²) in [5.74, 6) is 0. The van der Waals surface area contributed by atoms with Gasteiger partial charge in [-0.05, 0) is 60.7 Å². The summed E-state index contributed by atoms with van der Waals surface area (Å²) in [5.41, 5.74) is 12.1. The second-order valence-corrected chi connectivity index (χ2v) is 7.42. The Morgan fingerprint density at radius 3 is 1.21 bits per heavy atom. The number of para-hydroxylation sites is 6. The van der Waals surface area contributed by atoms with Crippen molar-refractivity contribution in [2.75, 3.05) is 16.0 Å². The summed E-state index contributed by atoms with van der Waals surface area (Å²) in [6, 6.07) is 48.9. The van der Waals surface area contributed by atoms with Crippen molar-refractivity contribution in [3.63, 3.8) is 0 Å². The van der Waals surface area contributed by atoms with Crippen LogP contribution in [-0.2, 0) is 0 Å². The molecule has 0 saturated heterocycles. The average Bonchev–Trinajstić information content (AvgIpc) is 2.89. The average molecular weight is 430 g/mol. The van der Waals surface area contributed by atoms with Gasteiger partial charge in [-0.15, -0.1) is 0 Å². The third kappa shape index (κ3) is 6.02. The van der Waals surface area contributed by atoms with E-state index in [1.54, 1.807) is 0 Å². The van der Waals surface area contributed by atoms with Gasteiger partial charge in [0.2, 0.25) is 0 Å². The number of anilines is 6. The number of hydrogen-bond donors (Lipinski definition) is 2. The molecule has 3 nitrogen and oxygen atoms in total. The molecular weight excluding hydrogens is 402 g/mol. The van der Waals surface area contributed by atoms with Gasteiger partial charge < -0.3 is 16.0 Å². The molecule has 0 aliphatic carbocycles. The fourth-order valence-corrected chi connectivity index (χ4v) is 3.47. The van der Waals surface area contributed by atoms with E-state index in [9.17, 15) is 0 Å². The number of nitrogens with zero attached hydrogens (tertiary/aromatic N) is 1. The van der Waals surface area contributed by atoms with Crippen LogP contribution in [0.3, 0.4) is 0 Å². The van der Waals surface area contributed by atoms with Crippen molar-refractivity contribution in [1.82, 2.24) is 0 Å². The minimum Gasteiger partial charge on any atom is -0.397 e. The molecule has 5 aromatic rings. The largest absolute Gasteiger partial charge is 0.397 e. The zero-order chi connectivity index (χ0) is 22.7. The number of rotatable bonds is 5. The van der Waals surface area contributed by atoms with Crippen molar-refractivity contribution >= 4 is 34.1 Å². The minimum atomic E-state index is 0.761. The Hall–Kier alpha value is -4.50. The third-order valence-corrected chi connectivity index (χ3v) is 5.06. The van der Waals surface area contributed by atoms with Crippen LogP contribution in [0.5, 0.6) is 0 Å². The Bertz CT molecular complexity index is 1130. The van der Waals surface area contributed by atoms with E-state index in [4.69, 9.17) is 5.73 Å². The fraction of sp³-hybridized carbons (Fsp3) is 0. The molecule has 0 amide bonds. The molecule has 0 spiro atoms. The summed E-state index contributed by atoms with van der Waals surface area (Å²) in [7, 11) is 0. The molecule has 0 radical (unpaired) electrons. The van der Waals surface area contributed by atoms with Crippen LogP contribution in [0.4, 0.5) is 34.1 Å². The second-order valence-electron chi connectivity index (χ2n) is 7.42. The summed E-state index contributed by atoms with van der Waals surface area (Å²) >= 11 is 0. The molecule has 0 saturated carbocycles. The standard InChI is InChI=1S/C18H15N.C12H12N2/c1-4-10-16(11-5-1)19(17-12-6-2-7-13-17)18-14-8-3-9-15-18;13-11-8-4-5-9-12(11)14-10-6-2-1-3-7-10/h1-15H;1-9,14H,13H2. The highest BCUT2D eigenvalue weighted by Gasteiger charge is 2.10. The van der Waals surface area contributed by atoms with Gasteiger partial charge in [0.05, 0.1) is 11.4 Å². The monoisotopic (exact) mass is 429 g/mol. The molecule has 0 aliphatic rings. The SMILES string of the molecule is Nc1ccccc1Nc1ccccc1.c1ccc(N(c2ccccc2)c2ccccc2)cc1. The van der Waals surface area contributed by atoms with Crippen molar-refractivity contribution < 1.29 is 0 Å². The van der Waals surface area contributed by atoms with Gasteiger partial charge in [-0.1, -0.05) is 84.9 Å². The lowest BCUT2D eigenvalue weighted by Crippen LogP contribution is -2.09. The zero-order valence-electron chi connectivity index (χ0n) is 18.4. The van der Waals surface area contributed by atoms with Gasteiger partial charge >= 0.3 is 0 Å². The Morgan fingerprint density at radius 2 is 0.788 bits per heavy atom. The van der Waals surface area contributed by atoms with Gasteiger partial charge in [-0.2, -0.15) is 0 Å². The van der Waals surface area contributed by atoms with Crippen LogP contribution in [-0.4, -0.2) is 0 Å². The van der Waals surface area contributed by atoms with Crippen LogP contribution in [0.1, 0.15) is 0 Å². The maximum absolute atomic E-state index is 5.81. The molecule has 0 aromatic heterocycles. The van der Waals surface area contributed by atoms with Gasteiger partial charge in [0.25, 0.3) is 0 Å². The minimum absolute atomic E-state index is 0.761. The van der Waals surface area contributed by atoms with Crippen molar-refractivity contribution in [2.24, 2.45) is 0 Å². The summed E-state index contributed by atoms with van der Waals surface area (Å²) in [5, 5.41) is 3.25. The first-order valence-corrected chi connectivity index (χ1v) is 10.9.